The van der Waals surface area contributed by atoms with E-state index in [4.69, 9.17) is 0 Å². The van der Waals surface area contributed by atoms with Crippen molar-refractivity contribution in [2.75, 3.05) is 6.54 Å². The maximum atomic E-state index is 3.55. The normalized spacial score (nSPS) is 9.67. The van der Waals surface area contributed by atoms with Crippen LogP contribution in [0.4, 0.5) is 0 Å². The third-order valence-corrected chi connectivity index (χ3v) is 2.75. The van der Waals surface area contributed by atoms with E-state index < -0.39 is 18.1 Å². The number of rotatable bonds is 5. The first kappa shape index (κ1) is 9.67. The molecule has 1 nitrogen and oxygen atoms in total. The van der Waals surface area contributed by atoms with Gasteiger partial charge in [-0.2, -0.15) is 0 Å². The van der Waals surface area contributed by atoms with Crippen molar-refractivity contribution >= 4 is 0 Å². The molecule has 0 radical (unpaired) electrons. The summed E-state index contributed by atoms with van der Waals surface area (Å²) >= 11 is -0.687. The van der Waals surface area contributed by atoms with E-state index in [0.29, 0.717) is 0 Å². The summed E-state index contributed by atoms with van der Waals surface area (Å²) < 4.78 is 3.55. The molecule has 2 heteroatoms. The molecule has 0 spiro atoms. The zero-order valence-corrected chi connectivity index (χ0v) is 8.39. The van der Waals surface area contributed by atoms with Gasteiger partial charge in [-0.15, -0.1) is 0 Å². The maximum absolute atomic E-state index is 3.55. The van der Waals surface area contributed by atoms with Crippen LogP contribution in [0.15, 0.2) is 0 Å². The third kappa shape index (κ3) is 8.67. The zero-order chi connectivity index (χ0) is 7.11. The molecule has 0 aliphatic carbocycles. The predicted molar refractivity (Wildman–Crippen MR) is 39.3 cm³/mol. The van der Waals surface area contributed by atoms with Crippen LogP contribution in [-0.2, 0) is 18.1 Å². The molecule has 0 saturated heterocycles. The summed E-state index contributed by atoms with van der Waals surface area (Å²) in [6.45, 7) is 3.51. The standard InChI is InChI=1S/C5H12N.2CH3.Ti/c1-2-3-4-5-6;;;/h6H,2-5H2,1H3;2*1H3;/q-1;;;+1. The Kier molecular flexibility index (Phi) is 7.30. The molecule has 55 valence electrons. The van der Waals surface area contributed by atoms with Gasteiger partial charge in [-0.3, -0.25) is 0 Å². The molecular formula is C7H18NTi. The molecule has 0 saturated carbocycles. The Labute approximate surface area is 65.4 Å². The molecule has 0 aliphatic rings. The van der Waals surface area contributed by atoms with Gasteiger partial charge < -0.3 is 0 Å². The van der Waals surface area contributed by atoms with Gasteiger partial charge >= 0.3 is 65.1 Å². The molecule has 0 fully saturated rings. The topological polar surface area (TPSA) is 12.0 Å². The van der Waals surface area contributed by atoms with Crippen LogP contribution in [-0.4, -0.2) is 6.54 Å². The van der Waals surface area contributed by atoms with Gasteiger partial charge in [0.05, 0.1) is 0 Å². The second-order valence-corrected chi connectivity index (χ2v) is 6.31. The quantitative estimate of drug-likeness (QED) is 0.486. The minimum atomic E-state index is -0.687. The molecule has 1 N–H and O–H groups in total. The Hall–Kier alpha value is 0.674. The Morgan fingerprint density at radius 1 is 1.22 bits per heavy atom. The van der Waals surface area contributed by atoms with Crippen molar-refractivity contribution < 1.29 is 18.1 Å². The molecule has 0 unspecified atom stereocenters. The van der Waals surface area contributed by atoms with Crippen LogP contribution in [0, 0.1) is 0 Å². The molecular weight excluding hydrogens is 146 g/mol. The first-order valence-corrected chi connectivity index (χ1v) is 7.71. The van der Waals surface area contributed by atoms with Gasteiger partial charge in [0.15, 0.2) is 0 Å². The van der Waals surface area contributed by atoms with Crippen molar-refractivity contribution in [3.63, 3.8) is 0 Å². The Bertz CT molecular complexity index is 54.9. The van der Waals surface area contributed by atoms with E-state index in [1.54, 1.807) is 0 Å². The minimum absolute atomic E-state index is 0.687. The molecule has 0 heterocycles. The first-order valence-electron chi connectivity index (χ1n) is 3.81. The first-order chi connectivity index (χ1) is 4.27. The average Bonchev–Trinajstić information content (AvgIpc) is 1.80. The predicted octanol–water partition coefficient (Wildman–Crippen LogP) is 2.40. The fourth-order valence-electron chi connectivity index (χ4n) is 0.713. The van der Waals surface area contributed by atoms with Crippen LogP contribution >= 0.6 is 0 Å². The zero-order valence-electron chi connectivity index (χ0n) is 6.83. The van der Waals surface area contributed by atoms with E-state index in [2.05, 4.69) is 21.2 Å². The molecule has 0 aliphatic heterocycles. The van der Waals surface area contributed by atoms with Crippen LogP contribution in [0.25, 0.3) is 0 Å². The summed E-state index contributed by atoms with van der Waals surface area (Å²) in [6, 6.07) is 0. The fourth-order valence-corrected chi connectivity index (χ4v) is 1.77. The Morgan fingerprint density at radius 2 is 1.89 bits per heavy atom. The average molecular weight is 164 g/mol. The number of unbranched alkanes of at least 4 members (excludes halogenated alkanes) is 2. The summed E-state index contributed by atoms with van der Waals surface area (Å²) in [5.41, 5.74) is 0. The SMILES string of the molecule is CCCCC[NH][Ti]([CH3])[CH3]. The molecule has 0 aromatic heterocycles. The van der Waals surface area contributed by atoms with Crippen molar-refractivity contribution in [2.24, 2.45) is 0 Å². The molecule has 0 amide bonds. The molecule has 0 bridgehead atoms. The molecule has 0 aromatic rings. The van der Waals surface area contributed by atoms with Crippen LogP contribution in [0.5, 0.6) is 0 Å². The summed E-state index contributed by atoms with van der Waals surface area (Å²) in [4.78, 5) is 0. The van der Waals surface area contributed by atoms with Crippen molar-refractivity contribution in [2.45, 2.75) is 36.6 Å². The Morgan fingerprint density at radius 3 is 2.33 bits per heavy atom. The van der Waals surface area contributed by atoms with Gasteiger partial charge in [-0.05, 0) is 0 Å². The van der Waals surface area contributed by atoms with Crippen molar-refractivity contribution in [1.29, 1.82) is 0 Å². The summed E-state index contributed by atoms with van der Waals surface area (Å²) in [5, 5.41) is 4.71. The Balaban J connectivity index is 2.75. The van der Waals surface area contributed by atoms with Crippen molar-refractivity contribution in [1.82, 2.24) is 3.80 Å². The molecule has 0 aromatic carbocycles. The molecule has 0 atom stereocenters. The van der Waals surface area contributed by atoms with E-state index in [-0.39, 0.29) is 0 Å². The van der Waals surface area contributed by atoms with E-state index in [1.165, 1.54) is 25.8 Å². The summed E-state index contributed by atoms with van der Waals surface area (Å²) in [5.74, 6) is 0. The molecule has 0 rings (SSSR count). The second kappa shape index (κ2) is 6.79. The van der Waals surface area contributed by atoms with Gasteiger partial charge in [0.1, 0.15) is 0 Å². The van der Waals surface area contributed by atoms with Crippen LogP contribution in [0.1, 0.15) is 26.2 Å². The van der Waals surface area contributed by atoms with E-state index in [0.717, 1.165) is 0 Å². The second-order valence-electron chi connectivity index (χ2n) is 2.63. The number of hydrogen-bond acceptors (Lipinski definition) is 1. The van der Waals surface area contributed by atoms with Crippen molar-refractivity contribution in [3.8, 4) is 0 Å². The summed E-state index contributed by atoms with van der Waals surface area (Å²) in [6.07, 6.45) is 4.09. The third-order valence-electron chi connectivity index (χ3n) is 1.26. The number of nitrogens with one attached hydrogen (secondary N) is 1. The van der Waals surface area contributed by atoms with Crippen LogP contribution < -0.4 is 3.80 Å². The van der Waals surface area contributed by atoms with Gasteiger partial charge in [-0.25, -0.2) is 0 Å². The summed E-state index contributed by atoms with van der Waals surface area (Å²) in [7, 11) is 0. The van der Waals surface area contributed by atoms with Crippen LogP contribution in [0.3, 0.4) is 0 Å². The van der Waals surface area contributed by atoms with Crippen molar-refractivity contribution in [3.05, 3.63) is 0 Å². The van der Waals surface area contributed by atoms with Gasteiger partial charge in [0.2, 0.25) is 0 Å². The van der Waals surface area contributed by atoms with Crippen LogP contribution in [0.2, 0.25) is 10.5 Å². The fraction of sp³-hybridized carbons (Fsp3) is 1.00. The van der Waals surface area contributed by atoms with E-state index in [9.17, 15) is 0 Å². The number of hydrogen-bond donors (Lipinski definition) is 1. The monoisotopic (exact) mass is 164 g/mol. The van der Waals surface area contributed by atoms with E-state index in [1.807, 2.05) is 0 Å². The van der Waals surface area contributed by atoms with Gasteiger partial charge in [0, 0.05) is 0 Å². The van der Waals surface area contributed by atoms with E-state index >= 15 is 0 Å². The van der Waals surface area contributed by atoms with Gasteiger partial charge in [-0.1, -0.05) is 0 Å². The molecule has 9 heavy (non-hydrogen) atoms. The van der Waals surface area contributed by atoms with Gasteiger partial charge in [0.25, 0.3) is 0 Å².